The van der Waals surface area contributed by atoms with Crippen molar-refractivity contribution in [3.63, 3.8) is 0 Å². The summed E-state index contributed by atoms with van der Waals surface area (Å²) < 4.78 is 38.0. The Labute approximate surface area is 284 Å². The molecular weight excluding hydrogens is 632 g/mol. The average molecular weight is 695 g/mol. The highest BCUT2D eigenvalue weighted by atomic mass is 16.7. The molecule has 0 amide bonds. The molecule has 8 N–H and O–H groups in total. The van der Waals surface area contributed by atoms with E-state index in [9.17, 15) is 40.9 Å². The Morgan fingerprint density at radius 2 is 1.54 bits per heavy atom. The van der Waals surface area contributed by atoms with Crippen LogP contribution in [0, 0.1) is 0 Å². The zero-order valence-electron chi connectivity index (χ0n) is 29.1. The molecule has 0 aromatic heterocycles. The fourth-order valence-corrected chi connectivity index (χ4v) is 7.51. The molecule has 2 saturated heterocycles. The van der Waals surface area contributed by atoms with E-state index in [2.05, 4.69) is 0 Å². The van der Waals surface area contributed by atoms with E-state index < -0.39 is 91.7 Å². The van der Waals surface area contributed by atoms with Crippen molar-refractivity contribution in [3.05, 3.63) is 11.8 Å². The van der Waals surface area contributed by atoms with Gasteiger partial charge >= 0.3 is 0 Å². The van der Waals surface area contributed by atoms with Crippen LogP contribution >= 0.6 is 0 Å². The summed E-state index contributed by atoms with van der Waals surface area (Å²) in [6, 6.07) is 0. The van der Waals surface area contributed by atoms with Gasteiger partial charge in [-0.1, -0.05) is 27.7 Å². The Kier molecular flexibility index (Phi) is 16.9. The van der Waals surface area contributed by atoms with E-state index in [0.29, 0.717) is 44.3 Å². The SMILES string of the molecule is CCC(CC)(OC1CC(CO)OC(O[C@H]2C(O)CC(C(CC)(CC)OC(CCO)CC(O)CO)OC2CO)C1)C1CC(O)C=C(CO)O1. The average Bonchev–Trinajstić information content (AvgIpc) is 3.09. The Morgan fingerprint density at radius 3 is 2.10 bits per heavy atom. The fourth-order valence-electron chi connectivity index (χ4n) is 7.51. The van der Waals surface area contributed by atoms with Gasteiger partial charge in [-0.25, -0.2) is 0 Å². The lowest BCUT2D eigenvalue weighted by Gasteiger charge is -2.49. The molecule has 0 aliphatic carbocycles. The van der Waals surface area contributed by atoms with Gasteiger partial charge in [0, 0.05) is 38.7 Å². The molecule has 3 aliphatic rings. The van der Waals surface area contributed by atoms with Crippen molar-refractivity contribution in [2.75, 3.05) is 33.0 Å². The predicted octanol–water partition coefficient (Wildman–Crippen LogP) is 0.419. The van der Waals surface area contributed by atoms with Gasteiger partial charge in [-0.05, 0) is 38.2 Å². The number of hydrogen-bond acceptors (Lipinski definition) is 14. The number of rotatable bonds is 20. The molecule has 48 heavy (non-hydrogen) atoms. The molecule has 0 aromatic rings. The van der Waals surface area contributed by atoms with Crippen LogP contribution in [0.2, 0.25) is 0 Å². The smallest absolute Gasteiger partial charge is 0.161 e. The van der Waals surface area contributed by atoms with Gasteiger partial charge in [-0.15, -0.1) is 0 Å². The summed E-state index contributed by atoms with van der Waals surface area (Å²) in [7, 11) is 0. The minimum absolute atomic E-state index is 0.113. The van der Waals surface area contributed by atoms with Gasteiger partial charge in [-0.3, -0.25) is 0 Å². The number of ether oxygens (including phenoxy) is 6. The van der Waals surface area contributed by atoms with Crippen molar-refractivity contribution in [2.24, 2.45) is 0 Å². The van der Waals surface area contributed by atoms with E-state index in [-0.39, 0.29) is 45.5 Å². The summed E-state index contributed by atoms with van der Waals surface area (Å²) in [6.07, 6.45) is -3.51. The molecule has 0 radical (unpaired) electrons. The van der Waals surface area contributed by atoms with Crippen LogP contribution in [-0.2, 0) is 28.4 Å². The van der Waals surface area contributed by atoms with Crippen LogP contribution in [0.3, 0.4) is 0 Å². The van der Waals surface area contributed by atoms with Gasteiger partial charge < -0.3 is 69.3 Å². The minimum Gasteiger partial charge on any atom is -0.489 e. The van der Waals surface area contributed by atoms with Crippen LogP contribution in [0.5, 0.6) is 0 Å². The summed E-state index contributed by atoms with van der Waals surface area (Å²) in [5.41, 5.74) is -1.72. The zero-order chi connectivity index (χ0) is 35.5. The lowest BCUT2D eigenvalue weighted by atomic mass is 9.82. The Hall–Kier alpha value is -0.980. The first-order chi connectivity index (χ1) is 23.0. The van der Waals surface area contributed by atoms with Crippen molar-refractivity contribution in [2.45, 2.75) is 170 Å². The van der Waals surface area contributed by atoms with Gasteiger partial charge in [0.2, 0.25) is 0 Å². The van der Waals surface area contributed by atoms with Crippen molar-refractivity contribution in [1.29, 1.82) is 0 Å². The van der Waals surface area contributed by atoms with Crippen LogP contribution in [0.4, 0.5) is 0 Å². The maximum atomic E-state index is 11.5. The van der Waals surface area contributed by atoms with Crippen LogP contribution in [-0.4, -0.2) is 152 Å². The highest BCUT2D eigenvalue weighted by Crippen LogP contribution is 2.40. The highest BCUT2D eigenvalue weighted by molar-refractivity contribution is 5.07. The first-order valence-electron chi connectivity index (χ1n) is 17.8. The fraction of sp³-hybridized carbons (Fsp3) is 0.941. The first-order valence-corrected chi connectivity index (χ1v) is 17.8. The summed E-state index contributed by atoms with van der Waals surface area (Å²) in [6.45, 7) is 6.09. The van der Waals surface area contributed by atoms with E-state index in [1.807, 2.05) is 27.7 Å². The summed E-state index contributed by atoms with van der Waals surface area (Å²) in [5, 5.41) is 81.2. The minimum atomic E-state index is -1.08. The Bertz CT molecular complexity index is 943. The third kappa shape index (κ3) is 10.3. The molecule has 2 fully saturated rings. The Balaban J connectivity index is 1.75. The number of hydrogen-bond donors (Lipinski definition) is 8. The van der Waals surface area contributed by atoms with E-state index >= 15 is 0 Å². The largest absolute Gasteiger partial charge is 0.489 e. The van der Waals surface area contributed by atoms with Gasteiger partial charge in [0.25, 0.3) is 0 Å². The molecule has 282 valence electrons. The highest BCUT2D eigenvalue weighted by Gasteiger charge is 2.50. The molecular formula is C34H62O14. The normalized spacial score (nSPS) is 33.2. The molecule has 3 aliphatic heterocycles. The Morgan fingerprint density at radius 1 is 0.854 bits per heavy atom. The van der Waals surface area contributed by atoms with E-state index in [4.69, 9.17) is 28.4 Å². The topological polar surface area (TPSA) is 217 Å². The van der Waals surface area contributed by atoms with Crippen LogP contribution in [0.25, 0.3) is 0 Å². The molecule has 0 bridgehead atoms. The predicted molar refractivity (Wildman–Crippen MR) is 173 cm³/mol. The molecule has 0 saturated carbocycles. The lowest BCUT2D eigenvalue weighted by Crippen LogP contribution is -2.60. The second kappa shape index (κ2) is 19.6. The van der Waals surface area contributed by atoms with Crippen molar-refractivity contribution >= 4 is 0 Å². The maximum absolute atomic E-state index is 11.5. The maximum Gasteiger partial charge on any atom is 0.161 e. The standard InChI is InChI=1S/C34H62O14/c1-5-33(6-2,29-13-21(40)11-25(18-37)43-29)48-24-14-26(19-38)44-31(15-24)46-32-27(42)16-30(45-28(32)20-39)34(7-3,8-4)47-23(9-10-35)12-22(41)17-36/h11,21-24,26-32,35-42H,5-10,12-20H2,1-4H3/t21?,22?,23?,24?,26?,27?,28?,29?,30?,31?,32-/m0/s1. The van der Waals surface area contributed by atoms with E-state index in [1.165, 1.54) is 6.08 Å². The summed E-state index contributed by atoms with van der Waals surface area (Å²) >= 11 is 0. The number of aliphatic hydroxyl groups is 8. The molecule has 11 atom stereocenters. The molecule has 0 spiro atoms. The third-order valence-corrected chi connectivity index (χ3v) is 10.4. The molecule has 10 unspecified atom stereocenters. The van der Waals surface area contributed by atoms with Gasteiger partial charge in [0.05, 0.1) is 68.1 Å². The first kappa shape index (κ1) is 41.4. The summed E-state index contributed by atoms with van der Waals surface area (Å²) in [4.78, 5) is 0. The molecule has 14 heteroatoms. The molecule has 0 aromatic carbocycles. The molecule has 3 rings (SSSR count). The van der Waals surface area contributed by atoms with E-state index in [0.717, 1.165) is 0 Å². The second-order valence-electron chi connectivity index (χ2n) is 13.4. The zero-order valence-corrected chi connectivity index (χ0v) is 29.1. The van der Waals surface area contributed by atoms with Crippen molar-refractivity contribution < 1.29 is 69.3 Å². The van der Waals surface area contributed by atoms with Crippen LogP contribution in [0.15, 0.2) is 11.8 Å². The monoisotopic (exact) mass is 694 g/mol. The lowest BCUT2D eigenvalue weighted by molar-refractivity contribution is -0.311. The van der Waals surface area contributed by atoms with Gasteiger partial charge in [0.15, 0.2) is 6.29 Å². The molecule has 14 nitrogen and oxygen atoms in total. The summed E-state index contributed by atoms with van der Waals surface area (Å²) in [5.74, 6) is 0.293. The number of aliphatic hydroxyl groups excluding tert-OH is 8. The van der Waals surface area contributed by atoms with Crippen LogP contribution < -0.4 is 0 Å². The van der Waals surface area contributed by atoms with Gasteiger partial charge in [0.1, 0.15) is 36.3 Å². The van der Waals surface area contributed by atoms with Crippen molar-refractivity contribution in [3.8, 4) is 0 Å². The van der Waals surface area contributed by atoms with Gasteiger partial charge in [-0.2, -0.15) is 0 Å². The van der Waals surface area contributed by atoms with Crippen LogP contribution in [0.1, 0.15) is 91.9 Å². The second-order valence-corrected chi connectivity index (χ2v) is 13.4. The third-order valence-electron chi connectivity index (χ3n) is 10.4. The quantitative estimate of drug-likeness (QED) is 0.0867. The van der Waals surface area contributed by atoms with Crippen molar-refractivity contribution in [1.82, 2.24) is 0 Å². The van der Waals surface area contributed by atoms with E-state index in [1.54, 1.807) is 0 Å². The molecule has 3 heterocycles.